The van der Waals surface area contributed by atoms with E-state index in [-0.39, 0.29) is 11.5 Å². The average molecular weight is 307 g/mol. The molecule has 0 saturated carbocycles. The number of thiophene rings is 1. The van der Waals surface area contributed by atoms with Crippen LogP contribution in [0.4, 0.5) is 5.69 Å². The van der Waals surface area contributed by atoms with Crippen molar-refractivity contribution in [2.45, 2.75) is 29.9 Å². The molecule has 0 amide bonds. The number of benzene rings is 1. The van der Waals surface area contributed by atoms with Crippen molar-refractivity contribution in [1.82, 2.24) is 0 Å². The molecule has 0 bridgehead atoms. The maximum atomic E-state index is 11.4. The summed E-state index contributed by atoms with van der Waals surface area (Å²) in [5.74, 6) is -0.147. The van der Waals surface area contributed by atoms with Crippen LogP contribution < -0.4 is 0 Å². The van der Waals surface area contributed by atoms with E-state index in [1.807, 2.05) is 32.0 Å². The standard InChI is InChI=1S/C14H13NO3S2/c1-8-4-5-9(2)12(6-8)19-14-11(15(17)18)7-13(20-14)10(3)16/h4-7H,1-3H3. The number of carbonyl (C=O) groups is 1. The van der Waals surface area contributed by atoms with E-state index in [2.05, 4.69) is 0 Å². The first-order valence-corrected chi connectivity index (χ1v) is 7.56. The molecule has 1 heterocycles. The summed E-state index contributed by atoms with van der Waals surface area (Å²) in [5, 5.41) is 11.1. The van der Waals surface area contributed by atoms with Gasteiger partial charge in [-0.3, -0.25) is 14.9 Å². The molecule has 0 atom stereocenters. The van der Waals surface area contributed by atoms with Gasteiger partial charge in [-0.1, -0.05) is 23.9 Å². The predicted molar refractivity (Wildman–Crippen MR) is 81.0 cm³/mol. The smallest absolute Gasteiger partial charge is 0.294 e. The van der Waals surface area contributed by atoms with Crippen LogP contribution >= 0.6 is 23.1 Å². The van der Waals surface area contributed by atoms with Gasteiger partial charge >= 0.3 is 0 Å². The molecule has 1 aromatic carbocycles. The Balaban J connectivity index is 2.44. The van der Waals surface area contributed by atoms with Crippen molar-refractivity contribution in [3.05, 3.63) is 50.4 Å². The van der Waals surface area contributed by atoms with Crippen molar-refractivity contribution < 1.29 is 9.72 Å². The second kappa shape index (κ2) is 5.76. The normalized spacial score (nSPS) is 10.6. The summed E-state index contributed by atoms with van der Waals surface area (Å²) >= 11 is 2.52. The van der Waals surface area contributed by atoms with E-state index in [1.165, 1.54) is 36.1 Å². The van der Waals surface area contributed by atoms with Gasteiger partial charge in [0.05, 0.1) is 9.80 Å². The van der Waals surface area contributed by atoms with Crippen LogP contribution in [0.25, 0.3) is 0 Å². The predicted octanol–water partition coefficient (Wildman–Crippen LogP) is 4.63. The van der Waals surface area contributed by atoms with Crippen LogP contribution in [-0.4, -0.2) is 10.7 Å². The average Bonchev–Trinajstić information content (AvgIpc) is 2.78. The molecule has 2 aromatic rings. The maximum Gasteiger partial charge on any atom is 0.294 e. The highest BCUT2D eigenvalue weighted by Gasteiger charge is 2.22. The van der Waals surface area contributed by atoms with E-state index in [0.29, 0.717) is 9.09 Å². The highest BCUT2D eigenvalue weighted by atomic mass is 32.2. The van der Waals surface area contributed by atoms with Gasteiger partial charge in [0.15, 0.2) is 5.78 Å². The van der Waals surface area contributed by atoms with Crippen molar-refractivity contribution in [2.24, 2.45) is 0 Å². The maximum absolute atomic E-state index is 11.4. The molecule has 4 nitrogen and oxygen atoms in total. The van der Waals surface area contributed by atoms with Gasteiger partial charge in [0, 0.05) is 11.0 Å². The van der Waals surface area contributed by atoms with Crippen molar-refractivity contribution in [3.63, 3.8) is 0 Å². The van der Waals surface area contributed by atoms with Gasteiger partial charge in [-0.05, 0) is 38.0 Å². The third-order valence-electron chi connectivity index (χ3n) is 2.77. The Morgan fingerprint density at radius 3 is 2.60 bits per heavy atom. The first kappa shape index (κ1) is 14.7. The summed E-state index contributed by atoms with van der Waals surface area (Å²) in [6.07, 6.45) is 0. The molecular weight excluding hydrogens is 294 g/mol. The van der Waals surface area contributed by atoms with Crippen LogP contribution in [0.2, 0.25) is 0 Å². The number of hydrogen-bond acceptors (Lipinski definition) is 5. The van der Waals surface area contributed by atoms with Gasteiger partial charge in [0.2, 0.25) is 0 Å². The fourth-order valence-electron chi connectivity index (χ4n) is 1.66. The van der Waals surface area contributed by atoms with Crippen molar-refractivity contribution >= 4 is 34.6 Å². The Bertz CT molecular complexity index is 692. The largest absolute Gasteiger partial charge is 0.294 e. The quantitative estimate of drug-likeness (QED) is 0.469. The lowest BCUT2D eigenvalue weighted by atomic mass is 10.2. The van der Waals surface area contributed by atoms with Gasteiger partial charge in [-0.15, -0.1) is 11.3 Å². The zero-order chi connectivity index (χ0) is 14.9. The number of carbonyl (C=O) groups excluding carboxylic acids is 1. The summed E-state index contributed by atoms with van der Waals surface area (Å²) in [6, 6.07) is 7.35. The van der Waals surface area contributed by atoms with Crippen LogP contribution in [0, 0.1) is 24.0 Å². The molecule has 20 heavy (non-hydrogen) atoms. The topological polar surface area (TPSA) is 60.2 Å². The van der Waals surface area contributed by atoms with Crippen LogP contribution in [0.1, 0.15) is 27.7 Å². The summed E-state index contributed by atoms with van der Waals surface area (Å²) in [5.41, 5.74) is 2.17. The van der Waals surface area contributed by atoms with Crippen LogP contribution in [0.15, 0.2) is 33.4 Å². The number of nitro groups is 1. The van der Waals surface area contributed by atoms with E-state index >= 15 is 0 Å². The van der Waals surface area contributed by atoms with Crippen molar-refractivity contribution in [3.8, 4) is 0 Å². The Morgan fingerprint density at radius 1 is 1.30 bits per heavy atom. The lowest BCUT2D eigenvalue weighted by Gasteiger charge is -2.04. The lowest BCUT2D eigenvalue weighted by molar-refractivity contribution is -0.387. The number of rotatable bonds is 4. The number of nitrogens with zero attached hydrogens (tertiary/aromatic N) is 1. The second-order valence-corrected chi connectivity index (χ2v) is 6.83. The molecule has 0 spiro atoms. The summed E-state index contributed by atoms with van der Waals surface area (Å²) in [4.78, 5) is 23.4. The van der Waals surface area contributed by atoms with E-state index in [0.717, 1.165) is 16.0 Å². The summed E-state index contributed by atoms with van der Waals surface area (Å²) < 4.78 is 0.550. The Labute approximate surface area is 125 Å². The third kappa shape index (κ3) is 3.08. The SMILES string of the molecule is CC(=O)c1cc([N+](=O)[O-])c(Sc2cc(C)ccc2C)s1. The lowest BCUT2D eigenvalue weighted by Crippen LogP contribution is -1.88. The number of ketones is 1. The van der Waals surface area contributed by atoms with Crippen LogP contribution in [-0.2, 0) is 0 Å². The molecule has 0 aliphatic rings. The third-order valence-corrected chi connectivity index (χ3v) is 5.34. The molecule has 6 heteroatoms. The van der Waals surface area contributed by atoms with E-state index in [9.17, 15) is 14.9 Å². The number of Topliss-reactive ketones (excluding diaryl/α,β-unsaturated/α-hetero) is 1. The molecule has 0 saturated heterocycles. The second-order valence-electron chi connectivity index (χ2n) is 4.47. The summed E-state index contributed by atoms with van der Waals surface area (Å²) in [6.45, 7) is 5.36. The fourth-order valence-corrected chi connectivity index (χ4v) is 4.02. The first-order valence-electron chi connectivity index (χ1n) is 5.92. The molecule has 0 radical (unpaired) electrons. The zero-order valence-electron chi connectivity index (χ0n) is 11.3. The molecule has 0 unspecified atom stereocenters. The monoisotopic (exact) mass is 307 g/mol. The molecule has 104 valence electrons. The van der Waals surface area contributed by atoms with E-state index in [4.69, 9.17) is 0 Å². The highest BCUT2D eigenvalue weighted by molar-refractivity contribution is 8.01. The first-order chi connectivity index (χ1) is 9.38. The molecule has 2 rings (SSSR count). The molecule has 0 aliphatic carbocycles. The molecule has 1 aromatic heterocycles. The van der Waals surface area contributed by atoms with Crippen LogP contribution in [0.5, 0.6) is 0 Å². The van der Waals surface area contributed by atoms with Crippen molar-refractivity contribution in [1.29, 1.82) is 0 Å². The van der Waals surface area contributed by atoms with Gasteiger partial charge < -0.3 is 0 Å². The zero-order valence-corrected chi connectivity index (χ0v) is 12.9. The Kier molecular flexibility index (Phi) is 4.25. The minimum atomic E-state index is -0.434. The molecule has 0 aliphatic heterocycles. The minimum absolute atomic E-state index is 0.00565. The summed E-state index contributed by atoms with van der Waals surface area (Å²) in [7, 11) is 0. The molecule has 0 fully saturated rings. The van der Waals surface area contributed by atoms with Crippen LogP contribution in [0.3, 0.4) is 0 Å². The van der Waals surface area contributed by atoms with Gasteiger partial charge in [0.25, 0.3) is 5.69 Å². The van der Waals surface area contributed by atoms with Crippen molar-refractivity contribution in [2.75, 3.05) is 0 Å². The molecule has 0 N–H and O–H groups in total. The van der Waals surface area contributed by atoms with E-state index < -0.39 is 4.92 Å². The van der Waals surface area contributed by atoms with Gasteiger partial charge in [-0.2, -0.15) is 0 Å². The number of hydrogen-bond donors (Lipinski definition) is 0. The number of aryl methyl sites for hydroxylation is 2. The van der Waals surface area contributed by atoms with E-state index in [1.54, 1.807) is 0 Å². The van der Waals surface area contributed by atoms with Gasteiger partial charge in [0.1, 0.15) is 4.21 Å². The highest BCUT2D eigenvalue weighted by Crippen LogP contribution is 2.42. The Morgan fingerprint density at radius 2 is 2.00 bits per heavy atom. The molecular formula is C14H13NO3S2. The minimum Gasteiger partial charge on any atom is -0.294 e. The Hall–Kier alpha value is -1.66. The fraction of sp³-hybridized carbons (Fsp3) is 0.214. The van der Waals surface area contributed by atoms with Gasteiger partial charge in [-0.25, -0.2) is 0 Å².